The molecule has 10 heteroatoms. The van der Waals surface area contributed by atoms with Gasteiger partial charge in [0.1, 0.15) is 11.9 Å². The highest BCUT2D eigenvalue weighted by molar-refractivity contribution is 6.01. The normalized spacial score (nSPS) is 20.6. The molecule has 4 rings (SSSR count). The molecular formula is C26H30FN5O4. The van der Waals surface area contributed by atoms with Crippen molar-refractivity contribution >= 4 is 24.4 Å². The maximum absolute atomic E-state index is 15.0. The Kier molecular flexibility index (Phi) is 7.73. The summed E-state index contributed by atoms with van der Waals surface area (Å²) in [4.78, 5) is 40.2. The first kappa shape index (κ1) is 25.4. The van der Waals surface area contributed by atoms with Gasteiger partial charge in [-0.1, -0.05) is 6.07 Å². The number of aromatic nitrogens is 2. The van der Waals surface area contributed by atoms with Crippen LogP contribution < -0.4 is 10.6 Å². The highest BCUT2D eigenvalue weighted by Crippen LogP contribution is 2.30. The summed E-state index contributed by atoms with van der Waals surface area (Å²) in [5, 5.41) is 0. The van der Waals surface area contributed by atoms with Gasteiger partial charge in [0.15, 0.2) is 12.0 Å². The van der Waals surface area contributed by atoms with Gasteiger partial charge in [-0.2, -0.15) is 0 Å². The van der Waals surface area contributed by atoms with E-state index in [1.54, 1.807) is 26.1 Å². The molecule has 2 N–H and O–H groups in total. The van der Waals surface area contributed by atoms with Crippen molar-refractivity contribution in [2.75, 3.05) is 24.6 Å². The molecule has 1 saturated heterocycles. The van der Waals surface area contributed by atoms with Crippen LogP contribution in [-0.4, -0.2) is 66.4 Å². The zero-order chi connectivity index (χ0) is 25.8. The van der Waals surface area contributed by atoms with Crippen molar-refractivity contribution in [2.24, 2.45) is 10.7 Å². The van der Waals surface area contributed by atoms with E-state index in [0.717, 1.165) is 18.4 Å². The van der Waals surface area contributed by atoms with Crippen molar-refractivity contribution in [3.63, 3.8) is 0 Å². The number of esters is 1. The second kappa shape index (κ2) is 10.9. The summed E-state index contributed by atoms with van der Waals surface area (Å²) in [5.41, 5.74) is 7.08. The predicted octanol–water partition coefficient (Wildman–Crippen LogP) is 3.25. The third-order valence-electron chi connectivity index (χ3n) is 5.99. The Morgan fingerprint density at radius 1 is 1.33 bits per heavy atom. The SMILES string of the molecule is CCOC(=O)c1nc(N2C[C@@H](C)O[C@@H](C(C=NC3CC3)=CN)C2)nc(-c2ccc(C)cc2F)c1C=O. The van der Waals surface area contributed by atoms with Crippen molar-refractivity contribution < 1.29 is 23.5 Å². The lowest BCUT2D eigenvalue weighted by Gasteiger charge is -2.37. The number of aliphatic imine (C=N–C) groups is 1. The first-order valence-corrected chi connectivity index (χ1v) is 12.0. The second-order valence-corrected chi connectivity index (χ2v) is 8.97. The molecule has 1 aromatic heterocycles. The van der Waals surface area contributed by atoms with Gasteiger partial charge in [0.2, 0.25) is 5.95 Å². The molecule has 2 aliphatic rings. The van der Waals surface area contributed by atoms with Gasteiger partial charge in [-0.3, -0.25) is 9.79 Å². The second-order valence-electron chi connectivity index (χ2n) is 8.97. The third kappa shape index (κ3) is 5.59. The zero-order valence-electron chi connectivity index (χ0n) is 20.6. The van der Waals surface area contributed by atoms with Gasteiger partial charge in [-0.25, -0.2) is 19.2 Å². The Morgan fingerprint density at radius 2 is 2.11 bits per heavy atom. The van der Waals surface area contributed by atoms with Crippen molar-refractivity contribution in [3.05, 3.63) is 52.6 Å². The standard InChI is InChI=1S/C26H30FN5O4/c1-4-35-25(34)24-20(14-33)23(19-8-5-15(2)9-21(19)27)30-26(31-24)32-12-16(3)36-22(13-32)17(10-28)11-29-18-6-7-18/h5,8-11,14,16,18,22H,4,6-7,12-13,28H2,1-3H3/t16-,22-/m1/s1. The van der Waals surface area contributed by atoms with Crippen molar-refractivity contribution in [1.82, 2.24) is 9.97 Å². The zero-order valence-corrected chi connectivity index (χ0v) is 20.6. The molecule has 0 radical (unpaired) electrons. The number of ether oxygens (including phenoxy) is 2. The minimum atomic E-state index is -0.783. The molecule has 1 aromatic carbocycles. The minimum absolute atomic E-state index is 0.0242. The number of hydrogen-bond donors (Lipinski definition) is 1. The van der Waals surface area contributed by atoms with Crippen molar-refractivity contribution in [1.29, 1.82) is 0 Å². The third-order valence-corrected chi connectivity index (χ3v) is 5.99. The summed E-state index contributed by atoms with van der Waals surface area (Å²) in [7, 11) is 0. The summed E-state index contributed by atoms with van der Waals surface area (Å²) >= 11 is 0. The van der Waals surface area contributed by atoms with Crippen LogP contribution in [0.25, 0.3) is 11.3 Å². The molecule has 2 fully saturated rings. The van der Waals surface area contributed by atoms with Crippen LogP contribution in [0.3, 0.4) is 0 Å². The van der Waals surface area contributed by atoms with E-state index in [2.05, 4.69) is 15.0 Å². The number of halogens is 1. The maximum atomic E-state index is 15.0. The van der Waals surface area contributed by atoms with Gasteiger partial charge in [-0.15, -0.1) is 0 Å². The largest absolute Gasteiger partial charge is 0.461 e. The fourth-order valence-electron chi connectivity index (χ4n) is 4.03. The van der Waals surface area contributed by atoms with E-state index in [9.17, 15) is 14.0 Å². The molecule has 190 valence electrons. The highest BCUT2D eigenvalue weighted by atomic mass is 19.1. The summed E-state index contributed by atoms with van der Waals surface area (Å²) in [5.74, 6) is -1.18. The first-order valence-electron chi connectivity index (χ1n) is 12.0. The number of morpholine rings is 1. The van der Waals surface area contributed by atoms with Crippen LogP contribution in [0.5, 0.6) is 0 Å². The summed E-state index contributed by atoms with van der Waals surface area (Å²) < 4.78 is 26.2. The summed E-state index contributed by atoms with van der Waals surface area (Å²) in [6.45, 7) is 6.13. The molecule has 0 bridgehead atoms. The number of rotatable bonds is 8. The van der Waals surface area contributed by atoms with E-state index < -0.39 is 17.9 Å². The van der Waals surface area contributed by atoms with E-state index in [1.807, 2.05) is 11.8 Å². The molecule has 1 aliphatic heterocycles. The lowest BCUT2D eigenvalue weighted by atomic mass is 10.0. The molecule has 1 aliphatic carbocycles. The maximum Gasteiger partial charge on any atom is 0.357 e. The van der Waals surface area contributed by atoms with Crippen LogP contribution in [0.4, 0.5) is 10.3 Å². The Hall–Kier alpha value is -3.66. The van der Waals surface area contributed by atoms with E-state index in [-0.39, 0.29) is 41.2 Å². The topological polar surface area (TPSA) is 120 Å². The van der Waals surface area contributed by atoms with Crippen LogP contribution >= 0.6 is 0 Å². The minimum Gasteiger partial charge on any atom is -0.461 e. The molecule has 1 saturated carbocycles. The molecule has 2 heterocycles. The Balaban J connectivity index is 1.78. The lowest BCUT2D eigenvalue weighted by molar-refractivity contribution is 0.00663. The Bertz CT molecular complexity index is 1210. The number of hydrogen-bond acceptors (Lipinski definition) is 9. The van der Waals surface area contributed by atoms with Crippen LogP contribution in [-0.2, 0) is 9.47 Å². The van der Waals surface area contributed by atoms with Crippen molar-refractivity contribution in [2.45, 2.75) is 51.9 Å². The van der Waals surface area contributed by atoms with Gasteiger partial charge in [0.05, 0.1) is 36.6 Å². The van der Waals surface area contributed by atoms with Gasteiger partial charge in [0.25, 0.3) is 0 Å². The van der Waals surface area contributed by atoms with E-state index >= 15 is 0 Å². The number of aryl methyl sites for hydroxylation is 1. The van der Waals surface area contributed by atoms with E-state index in [1.165, 1.54) is 18.3 Å². The number of nitrogens with two attached hydrogens (primary N) is 1. The van der Waals surface area contributed by atoms with Gasteiger partial charge in [-0.05, 0) is 51.3 Å². The number of carbonyl (C=O) groups excluding carboxylic acids is 2. The highest BCUT2D eigenvalue weighted by Gasteiger charge is 2.32. The fraction of sp³-hybridized carbons (Fsp3) is 0.423. The number of anilines is 1. The fourth-order valence-corrected chi connectivity index (χ4v) is 4.03. The first-order chi connectivity index (χ1) is 17.3. The van der Waals surface area contributed by atoms with Gasteiger partial charge in [0, 0.05) is 30.1 Å². The molecular weight excluding hydrogens is 465 g/mol. The van der Waals surface area contributed by atoms with Gasteiger partial charge >= 0.3 is 5.97 Å². The monoisotopic (exact) mass is 495 g/mol. The van der Waals surface area contributed by atoms with Crippen LogP contribution in [0.2, 0.25) is 0 Å². The molecule has 0 amide bonds. The number of carbonyl (C=O) groups is 2. The molecule has 9 nitrogen and oxygen atoms in total. The number of benzene rings is 1. The Morgan fingerprint density at radius 3 is 2.75 bits per heavy atom. The van der Waals surface area contributed by atoms with Crippen molar-refractivity contribution in [3.8, 4) is 11.3 Å². The average Bonchev–Trinajstić information content (AvgIpc) is 3.68. The summed E-state index contributed by atoms with van der Waals surface area (Å²) in [6, 6.07) is 4.92. The average molecular weight is 496 g/mol. The van der Waals surface area contributed by atoms with Crippen LogP contribution in [0.1, 0.15) is 53.1 Å². The molecule has 2 atom stereocenters. The number of aldehydes is 1. The molecule has 36 heavy (non-hydrogen) atoms. The lowest BCUT2D eigenvalue weighted by Crippen LogP contribution is -2.48. The summed E-state index contributed by atoms with van der Waals surface area (Å²) in [6.07, 6.45) is 5.16. The molecule has 2 aromatic rings. The van der Waals surface area contributed by atoms with E-state index in [0.29, 0.717) is 31.0 Å². The molecule has 0 spiro atoms. The number of nitrogens with zero attached hydrogens (tertiary/aromatic N) is 4. The quantitative estimate of drug-likeness (QED) is 0.337. The predicted molar refractivity (Wildman–Crippen MR) is 134 cm³/mol. The van der Waals surface area contributed by atoms with Gasteiger partial charge < -0.3 is 20.1 Å². The smallest absolute Gasteiger partial charge is 0.357 e. The van der Waals surface area contributed by atoms with Crippen LogP contribution in [0.15, 0.2) is 35.0 Å². The van der Waals surface area contributed by atoms with E-state index in [4.69, 9.17) is 15.2 Å². The molecule has 0 unspecified atom stereocenters. The Labute approximate surface area is 209 Å². The van der Waals surface area contributed by atoms with Crippen LogP contribution in [0, 0.1) is 12.7 Å².